The van der Waals surface area contributed by atoms with Gasteiger partial charge in [0.25, 0.3) is 17.7 Å². The van der Waals surface area contributed by atoms with E-state index in [1.807, 2.05) is 32.9 Å². The lowest BCUT2D eigenvalue weighted by Crippen LogP contribution is -2.32. The van der Waals surface area contributed by atoms with E-state index < -0.39 is 17.8 Å². The number of carbonyl (C=O) groups is 4. The topological polar surface area (TPSA) is 105 Å². The van der Waals surface area contributed by atoms with Crippen molar-refractivity contribution in [2.45, 2.75) is 20.8 Å². The quantitative estimate of drug-likeness (QED) is 0.349. The van der Waals surface area contributed by atoms with Gasteiger partial charge in [0.05, 0.1) is 18.4 Å². The Hall–Kier alpha value is -4.43. The Labute approximate surface area is 218 Å². The average Bonchev–Trinajstić information content (AvgIpc) is 3.09. The molecule has 0 radical (unpaired) electrons. The molecule has 0 saturated heterocycles. The molecule has 3 amide bonds. The third-order valence-corrected chi connectivity index (χ3v) is 6.24. The van der Waals surface area contributed by atoms with Crippen LogP contribution in [0.5, 0.6) is 0 Å². The Kier molecular flexibility index (Phi) is 7.13. The van der Waals surface area contributed by atoms with Crippen LogP contribution >= 0.6 is 11.6 Å². The van der Waals surface area contributed by atoms with Crippen LogP contribution in [-0.4, -0.2) is 30.8 Å². The van der Waals surface area contributed by atoms with Crippen molar-refractivity contribution < 1.29 is 23.9 Å². The zero-order valence-electron chi connectivity index (χ0n) is 20.6. The van der Waals surface area contributed by atoms with Gasteiger partial charge in [-0.1, -0.05) is 35.4 Å². The van der Waals surface area contributed by atoms with Crippen molar-refractivity contribution in [3.05, 3.63) is 99.2 Å². The van der Waals surface area contributed by atoms with Crippen molar-refractivity contribution in [2.75, 3.05) is 22.6 Å². The van der Waals surface area contributed by atoms with Gasteiger partial charge in [-0.25, -0.2) is 9.69 Å². The normalized spacial score (nSPS) is 13.2. The van der Waals surface area contributed by atoms with Crippen molar-refractivity contribution in [3.63, 3.8) is 0 Å². The summed E-state index contributed by atoms with van der Waals surface area (Å²) in [4.78, 5) is 51.4. The number of anilines is 3. The van der Waals surface area contributed by atoms with Crippen LogP contribution in [0.15, 0.2) is 71.4 Å². The summed E-state index contributed by atoms with van der Waals surface area (Å²) in [7, 11) is 1.24. The molecule has 1 aliphatic rings. The summed E-state index contributed by atoms with van der Waals surface area (Å²) in [5, 5.41) is 5.53. The lowest BCUT2D eigenvalue weighted by molar-refractivity contribution is -0.120. The minimum atomic E-state index is -0.726. The Balaban J connectivity index is 1.50. The fourth-order valence-corrected chi connectivity index (χ4v) is 4.36. The third-order valence-electron chi connectivity index (χ3n) is 5.88. The molecular formula is C28H24ClN3O5. The summed E-state index contributed by atoms with van der Waals surface area (Å²) in [5.74, 6) is -2.28. The second kappa shape index (κ2) is 10.3. The maximum Gasteiger partial charge on any atom is 0.337 e. The van der Waals surface area contributed by atoms with E-state index in [0.717, 1.165) is 27.3 Å². The maximum atomic E-state index is 13.1. The number of benzene rings is 3. The van der Waals surface area contributed by atoms with Crippen molar-refractivity contribution in [3.8, 4) is 0 Å². The average molecular weight is 518 g/mol. The number of esters is 1. The van der Waals surface area contributed by atoms with Crippen LogP contribution in [0.3, 0.4) is 0 Å². The zero-order valence-corrected chi connectivity index (χ0v) is 21.4. The van der Waals surface area contributed by atoms with E-state index in [1.165, 1.54) is 31.4 Å². The van der Waals surface area contributed by atoms with Crippen LogP contribution in [0.2, 0.25) is 0 Å². The molecule has 0 unspecified atom stereocenters. The van der Waals surface area contributed by atoms with Crippen molar-refractivity contribution in [1.82, 2.24) is 0 Å². The number of halogens is 1. The smallest absolute Gasteiger partial charge is 0.337 e. The summed E-state index contributed by atoms with van der Waals surface area (Å²) in [5.41, 5.74) is 4.95. The van der Waals surface area contributed by atoms with Gasteiger partial charge in [0, 0.05) is 16.9 Å². The van der Waals surface area contributed by atoms with Crippen molar-refractivity contribution >= 4 is 52.4 Å². The van der Waals surface area contributed by atoms with Gasteiger partial charge < -0.3 is 15.4 Å². The minimum absolute atomic E-state index is 0.113. The van der Waals surface area contributed by atoms with E-state index in [1.54, 1.807) is 24.3 Å². The molecule has 188 valence electrons. The monoisotopic (exact) mass is 517 g/mol. The maximum absolute atomic E-state index is 13.1. The number of carbonyl (C=O) groups excluding carboxylic acids is 4. The second-order valence-corrected chi connectivity index (χ2v) is 8.98. The lowest BCUT2D eigenvalue weighted by atomic mass is 10.0. The van der Waals surface area contributed by atoms with Crippen molar-refractivity contribution in [1.29, 1.82) is 0 Å². The molecule has 2 N–H and O–H groups in total. The van der Waals surface area contributed by atoms with Gasteiger partial charge in [-0.05, 0) is 74.4 Å². The predicted octanol–water partition coefficient (Wildman–Crippen LogP) is 5.09. The van der Waals surface area contributed by atoms with Crippen LogP contribution < -0.4 is 15.5 Å². The number of methoxy groups -OCH3 is 1. The van der Waals surface area contributed by atoms with Gasteiger partial charge in [0.1, 0.15) is 10.7 Å². The molecule has 0 bridgehead atoms. The Morgan fingerprint density at radius 1 is 0.865 bits per heavy atom. The molecule has 0 aliphatic carbocycles. The zero-order chi connectivity index (χ0) is 26.9. The number of ether oxygens (including phenoxy) is 1. The van der Waals surface area contributed by atoms with Gasteiger partial charge >= 0.3 is 5.97 Å². The molecule has 3 aromatic carbocycles. The molecule has 0 aromatic heterocycles. The molecule has 9 heteroatoms. The van der Waals surface area contributed by atoms with Crippen LogP contribution in [0, 0.1) is 20.8 Å². The molecular weight excluding hydrogens is 494 g/mol. The molecule has 0 spiro atoms. The number of nitrogens with zero attached hydrogens (tertiary/aromatic N) is 1. The number of nitrogens with one attached hydrogen (secondary N) is 2. The van der Waals surface area contributed by atoms with Gasteiger partial charge in [-0.2, -0.15) is 0 Å². The van der Waals surface area contributed by atoms with Crippen LogP contribution in [-0.2, 0) is 14.3 Å². The summed E-state index contributed by atoms with van der Waals surface area (Å²) < 4.78 is 4.70. The molecule has 0 atom stereocenters. The predicted molar refractivity (Wildman–Crippen MR) is 142 cm³/mol. The highest BCUT2D eigenvalue weighted by Crippen LogP contribution is 2.31. The minimum Gasteiger partial charge on any atom is -0.465 e. The second-order valence-electron chi connectivity index (χ2n) is 8.61. The molecule has 1 heterocycles. The van der Waals surface area contributed by atoms with E-state index in [9.17, 15) is 19.2 Å². The summed E-state index contributed by atoms with van der Waals surface area (Å²) in [6.45, 7) is 5.88. The largest absolute Gasteiger partial charge is 0.465 e. The fourth-order valence-electron chi connectivity index (χ4n) is 4.15. The van der Waals surface area contributed by atoms with E-state index in [0.29, 0.717) is 11.3 Å². The highest BCUT2D eigenvalue weighted by atomic mass is 35.5. The number of hydrogen-bond donors (Lipinski definition) is 2. The molecule has 37 heavy (non-hydrogen) atoms. The first-order valence-electron chi connectivity index (χ1n) is 11.3. The van der Waals surface area contributed by atoms with Crippen LogP contribution in [0.4, 0.5) is 17.1 Å². The first-order chi connectivity index (χ1) is 17.6. The highest BCUT2D eigenvalue weighted by Gasteiger charge is 2.39. The number of hydrogen-bond acceptors (Lipinski definition) is 6. The number of imide groups is 1. The van der Waals surface area contributed by atoms with E-state index in [-0.39, 0.29) is 27.9 Å². The van der Waals surface area contributed by atoms with Gasteiger partial charge in [-0.3, -0.25) is 14.4 Å². The molecule has 3 aromatic rings. The first kappa shape index (κ1) is 25.7. The van der Waals surface area contributed by atoms with Crippen LogP contribution in [0.25, 0.3) is 0 Å². The molecule has 1 aliphatic heterocycles. The van der Waals surface area contributed by atoms with Gasteiger partial charge in [0.15, 0.2) is 0 Å². The van der Waals surface area contributed by atoms with Crippen LogP contribution in [0.1, 0.15) is 37.4 Å². The molecule has 0 saturated carbocycles. The Morgan fingerprint density at radius 3 is 2.14 bits per heavy atom. The summed E-state index contributed by atoms with van der Waals surface area (Å²) in [6.07, 6.45) is 0. The summed E-state index contributed by atoms with van der Waals surface area (Å²) in [6, 6.07) is 16.4. The van der Waals surface area contributed by atoms with E-state index in [4.69, 9.17) is 16.3 Å². The summed E-state index contributed by atoms with van der Waals surface area (Å²) >= 11 is 6.21. The highest BCUT2D eigenvalue weighted by molar-refractivity contribution is 6.53. The Morgan fingerprint density at radius 2 is 1.51 bits per heavy atom. The van der Waals surface area contributed by atoms with Gasteiger partial charge in [0.2, 0.25) is 0 Å². The lowest BCUT2D eigenvalue weighted by Gasteiger charge is -2.16. The standard InChI is InChI=1S/C28H24ClN3O5/c1-15-12-16(2)23(17(3)13-15)31-25(33)18-8-10-20(11-9-18)30-24-22(29)26(34)32(27(24)35)21-7-5-6-19(14-21)28(36)37-4/h5-14,30H,1-4H3,(H,31,33). The van der Waals surface area contributed by atoms with E-state index in [2.05, 4.69) is 10.6 Å². The van der Waals surface area contributed by atoms with E-state index >= 15 is 0 Å². The van der Waals surface area contributed by atoms with Gasteiger partial charge in [-0.15, -0.1) is 0 Å². The number of aryl methyl sites for hydroxylation is 3. The molecule has 0 fully saturated rings. The SMILES string of the molecule is COC(=O)c1cccc(N2C(=O)C(Cl)=C(Nc3ccc(C(=O)Nc4c(C)cc(C)cc4C)cc3)C2=O)c1. The molecule has 8 nitrogen and oxygen atoms in total. The number of rotatable bonds is 6. The number of amides is 3. The fraction of sp³-hybridized carbons (Fsp3) is 0.143. The molecule has 4 rings (SSSR count). The Bertz CT molecular complexity index is 1450. The van der Waals surface area contributed by atoms with Crippen molar-refractivity contribution in [2.24, 2.45) is 0 Å². The first-order valence-corrected chi connectivity index (χ1v) is 11.7. The third kappa shape index (κ3) is 5.10.